The summed E-state index contributed by atoms with van der Waals surface area (Å²) >= 11 is 1.62. The van der Waals surface area contributed by atoms with Crippen LogP contribution in [0.5, 0.6) is 0 Å². The minimum absolute atomic E-state index is 0.0779. The number of thiazole rings is 1. The number of anilines is 2. The van der Waals surface area contributed by atoms with Gasteiger partial charge in [-0.3, -0.25) is 4.79 Å². The van der Waals surface area contributed by atoms with Gasteiger partial charge in [0, 0.05) is 37.0 Å². The van der Waals surface area contributed by atoms with Gasteiger partial charge in [-0.1, -0.05) is 6.07 Å². The predicted molar refractivity (Wildman–Crippen MR) is 121 cm³/mol. The van der Waals surface area contributed by atoms with Crippen molar-refractivity contribution in [2.75, 3.05) is 12.4 Å². The molecule has 1 fully saturated rings. The summed E-state index contributed by atoms with van der Waals surface area (Å²) < 4.78 is 38.8. The highest BCUT2D eigenvalue weighted by Gasteiger charge is 2.33. The zero-order valence-electron chi connectivity index (χ0n) is 18.2. The van der Waals surface area contributed by atoms with Crippen molar-refractivity contribution < 1.29 is 18.0 Å². The van der Waals surface area contributed by atoms with Crippen LogP contribution < -0.4 is 10.6 Å². The van der Waals surface area contributed by atoms with Gasteiger partial charge in [0.25, 0.3) is 0 Å². The molecule has 4 rings (SSSR count). The fraction of sp³-hybridized carbons (Fsp3) is 0.391. The van der Waals surface area contributed by atoms with Crippen LogP contribution in [0.1, 0.15) is 47.9 Å². The lowest BCUT2D eigenvalue weighted by Gasteiger charge is -2.25. The van der Waals surface area contributed by atoms with Crippen molar-refractivity contribution in [1.29, 1.82) is 0 Å². The number of carbonyl (C=O) groups is 1. The second-order valence-electron chi connectivity index (χ2n) is 8.20. The van der Waals surface area contributed by atoms with Crippen LogP contribution in [0, 0.1) is 12.8 Å². The molecule has 1 aromatic carbocycles. The summed E-state index contributed by atoms with van der Waals surface area (Å²) in [4.78, 5) is 25.0. The highest BCUT2D eigenvalue weighted by atomic mass is 32.1. The summed E-state index contributed by atoms with van der Waals surface area (Å²) in [5.74, 6) is 0.414. The quantitative estimate of drug-likeness (QED) is 0.496. The Balaban J connectivity index is 1.50. The molecular weight excluding hydrogens is 451 g/mol. The average molecular weight is 476 g/mol. The van der Waals surface area contributed by atoms with Crippen LogP contribution in [-0.4, -0.2) is 27.9 Å². The first-order valence-electron chi connectivity index (χ1n) is 10.7. The van der Waals surface area contributed by atoms with Crippen LogP contribution in [0.4, 0.5) is 24.8 Å². The van der Waals surface area contributed by atoms with E-state index in [1.807, 2.05) is 31.3 Å². The Morgan fingerprint density at radius 2 is 1.88 bits per heavy atom. The minimum atomic E-state index is -4.53. The first-order valence-corrected chi connectivity index (χ1v) is 11.5. The van der Waals surface area contributed by atoms with E-state index in [0.717, 1.165) is 59.0 Å². The second kappa shape index (κ2) is 9.46. The highest BCUT2D eigenvalue weighted by Crippen LogP contribution is 2.40. The number of aryl methyl sites for hydroxylation is 1. The number of rotatable bonds is 5. The van der Waals surface area contributed by atoms with Crippen LogP contribution in [0.3, 0.4) is 0 Å². The molecule has 1 amide bonds. The highest BCUT2D eigenvalue weighted by molar-refractivity contribution is 7.15. The maximum absolute atomic E-state index is 12.9. The SMILES string of the molecule is CNC(=O)C1CCC(c2ncc(-c3cc(C)cc(Nc4nccc(C(F)(F)F)n4)c3)s2)CC1. The van der Waals surface area contributed by atoms with Crippen LogP contribution in [-0.2, 0) is 11.0 Å². The molecule has 1 saturated carbocycles. The molecule has 0 atom stereocenters. The number of amides is 1. The third kappa shape index (κ3) is 5.50. The molecule has 2 heterocycles. The molecule has 0 saturated heterocycles. The molecule has 1 aliphatic carbocycles. The van der Waals surface area contributed by atoms with E-state index in [9.17, 15) is 18.0 Å². The molecule has 1 aliphatic rings. The molecule has 2 aromatic heterocycles. The third-order valence-electron chi connectivity index (χ3n) is 5.78. The largest absolute Gasteiger partial charge is 0.433 e. The number of benzene rings is 1. The molecule has 0 bridgehead atoms. The van der Waals surface area contributed by atoms with Crippen molar-refractivity contribution in [2.45, 2.75) is 44.7 Å². The lowest BCUT2D eigenvalue weighted by atomic mass is 9.82. The van der Waals surface area contributed by atoms with E-state index in [0.29, 0.717) is 11.6 Å². The van der Waals surface area contributed by atoms with E-state index in [1.165, 1.54) is 0 Å². The van der Waals surface area contributed by atoms with E-state index >= 15 is 0 Å². The zero-order valence-corrected chi connectivity index (χ0v) is 19.1. The zero-order chi connectivity index (χ0) is 23.6. The summed E-state index contributed by atoms with van der Waals surface area (Å²) in [5.41, 5.74) is 1.48. The van der Waals surface area contributed by atoms with Crippen molar-refractivity contribution in [3.63, 3.8) is 0 Å². The van der Waals surface area contributed by atoms with Crippen molar-refractivity contribution in [3.8, 4) is 10.4 Å². The van der Waals surface area contributed by atoms with Crippen LogP contribution >= 0.6 is 11.3 Å². The van der Waals surface area contributed by atoms with E-state index < -0.39 is 11.9 Å². The van der Waals surface area contributed by atoms with Gasteiger partial charge in [-0.25, -0.2) is 15.0 Å². The lowest BCUT2D eigenvalue weighted by Crippen LogP contribution is -2.30. The minimum Gasteiger partial charge on any atom is -0.359 e. The number of alkyl halides is 3. The van der Waals surface area contributed by atoms with Crippen LogP contribution in [0.2, 0.25) is 0 Å². The lowest BCUT2D eigenvalue weighted by molar-refractivity contribution is -0.141. The maximum Gasteiger partial charge on any atom is 0.433 e. The summed E-state index contributed by atoms with van der Waals surface area (Å²) in [6.45, 7) is 1.92. The van der Waals surface area contributed by atoms with E-state index in [4.69, 9.17) is 0 Å². The van der Waals surface area contributed by atoms with Crippen LogP contribution in [0.25, 0.3) is 10.4 Å². The molecule has 0 aliphatic heterocycles. The summed E-state index contributed by atoms with van der Waals surface area (Å²) in [7, 11) is 1.67. The Kier molecular flexibility index (Phi) is 6.64. The third-order valence-corrected chi connectivity index (χ3v) is 6.99. The first kappa shape index (κ1) is 23.2. The fourth-order valence-electron chi connectivity index (χ4n) is 4.12. The maximum atomic E-state index is 12.9. The van der Waals surface area contributed by atoms with Crippen molar-refractivity contribution >= 4 is 28.9 Å². The molecule has 174 valence electrons. The van der Waals surface area contributed by atoms with Gasteiger partial charge in [-0.2, -0.15) is 13.2 Å². The number of hydrogen-bond donors (Lipinski definition) is 2. The van der Waals surface area contributed by atoms with E-state index in [1.54, 1.807) is 18.4 Å². The van der Waals surface area contributed by atoms with E-state index in [2.05, 4.69) is 25.6 Å². The van der Waals surface area contributed by atoms with Gasteiger partial charge in [0.1, 0.15) is 5.69 Å². The summed E-state index contributed by atoms with van der Waals surface area (Å²) in [5, 5.41) is 6.67. The number of carbonyl (C=O) groups excluding carboxylic acids is 1. The van der Waals surface area contributed by atoms with Gasteiger partial charge in [0.05, 0.1) is 9.88 Å². The Morgan fingerprint density at radius 1 is 1.12 bits per heavy atom. The second-order valence-corrected chi connectivity index (χ2v) is 9.26. The van der Waals surface area contributed by atoms with Crippen LogP contribution in [0.15, 0.2) is 36.7 Å². The Labute approximate surface area is 193 Å². The summed E-state index contributed by atoms with van der Waals surface area (Å²) in [6, 6.07) is 6.54. The molecule has 0 radical (unpaired) electrons. The number of halogens is 3. The molecule has 6 nitrogen and oxygen atoms in total. The topological polar surface area (TPSA) is 79.8 Å². The van der Waals surface area contributed by atoms with Gasteiger partial charge in [0.2, 0.25) is 11.9 Å². The Bertz CT molecular complexity index is 1140. The molecule has 3 aromatic rings. The Hall–Kier alpha value is -3.01. The molecule has 0 unspecified atom stereocenters. The fourth-order valence-corrected chi connectivity index (χ4v) is 5.19. The van der Waals surface area contributed by atoms with Gasteiger partial charge >= 0.3 is 6.18 Å². The molecule has 10 heteroatoms. The number of hydrogen-bond acceptors (Lipinski definition) is 6. The predicted octanol–water partition coefficient (Wildman–Crippen LogP) is 5.69. The number of aromatic nitrogens is 3. The monoisotopic (exact) mass is 475 g/mol. The molecular formula is C23H24F3N5OS. The van der Waals surface area contributed by atoms with Gasteiger partial charge in [-0.15, -0.1) is 11.3 Å². The van der Waals surface area contributed by atoms with Crippen molar-refractivity contribution in [1.82, 2.24) is 20.3 Å². The average Bonchev–Trinajstić information content (AvgIpc) is 3.28. The number of nitrogens with one attached hydrogen (secondary N) is 2. The van der Waals surface area contributed by atoms with E-state index in [-0.39, 0.29) is 17.8 Å². The van der Waals surface area contributed by atoms with Crippen molar-refractivity contribution in [2.24, 2.45) is 5.92 Å². The normalized spacial score (nSPS) is 18.7. The standard InChI is InChI=1S/C23H24F3N5OS/c1-13-9-16(11-17(10-13)30-22-28-8-7-19(31-22)23(24,25)26)18-12-29-21(33-18)15-5-3-14(4-6-15)20(32)27-2/h7-12,14-15H,3-6H2,1-2H3,(H,27,32)(H,28,30,31). The smallest absolute Gasteiger partial charge is 0.359 e. The Morgan fingerprint density at radius 3 is 2.58 bits per heavy atom. The van der Waals surface area contributed by atoms with Gasteiger partial charge < -0.3 is 10.6 Å². The summed E-state index contributed by atoms with van der Waals surface area (Å²) in [6.07, 6.45) is 1.96. The molecule has 33 heavy (non-hydrogen) atoms. The first-order chi connectivity index (χ1) is 15.7. The molecule has 2 N–H and O–H groups in total. The van der Waals surface area contributed by atoms with Gasteiger partial charge in [0.15, 0.2) is 0 Å². The molecule has 0 spiro atoms. The van der Waals surface area contributed by atoms with Gasteiger partial charge in [-0.05, 0) is 61.9 Å². The van der Waals surface area contributed by atoms with Crippen molar-refractivity contribution in [3.05, 3.63) is 52.9 Å². The number of nitrogens with zero attached hydrogens (tertiary/aromatic N) is 3.